The highest BCUT2D eigenvalue weighted by Crippen LogP contribution is 2.26. The fourth-order valence-corrected chi connectivity index (χ4v) is 2.39. The molecule has 0 bridgehead atoms. The van der Waals surface area contributed by atoms with E-state index in [2.05, 4.69) is 20.6 Å². The van der Waals surface area contributed by atoms with Crippen molar-refractivity contribution in [3.8, 4) is 0 Å². The molecule has 0 aliphatic rings. The molecule has 0 aliphatic carbocycles. The van der Waals surface area contributed by atoms with Gasteiger partial charge in [-0.1, -0.05) is 6.92 Å². The number of hydrogen-bond donors (Lipinski definition) is 3. The summed E-state index contributed by atoms with van der Waals surface area (Å²) in [5.41, 5.74) is -0.731. The van der Waals surface area contributed by atoms with E-state index in [1.165, 1.54) is 0 Å². The molecule has 3 N–H and O–H groups in total. The van der Waals surface area contributed by atoms with Crippen LogP contribution in [0, 0.1) is 0 Å². The van der Waals surface area contributed by atoms with Crippen molar-refractivity contribution >= 4 is 33.3 Å². The summed E-state index contributed by atoms with van der Waals surface area (Å²) < 4.78 is 0. The number of anilines is 2. The molecule has 104 valence electrons. The van der Waals surface area contributed by atoms with E-state index in [1.54, 1.807) is 11.3 Å². The highest BCUT2D eigenvalue weighted by Gasteiger charge is 2.18. The Kier molecular flexibility index (Phi) is 4.21. The van der Waals surface area contributed by atoms with Gasteiger partial charge in [-0.15, -0.1) is 11.3 Å². The molecule has 0 saturated carbocycles. The largest absolute Gasteiger partial charge is 0.388 e. The van der Waals surface area contributed by atoms with Crippen molar-refractivity contribution in [1.82, 2.24) is 9.97 Å². The summed E-state index contributed by atoms with van der Waals surface area (Å²) >= 11 is 1.59. The summed E-state index contributed by atoms with van der Waals surface area (Å²) in [6.45, 7) is 7.04. The Morgan fingerprint density at radius 2 is 2.11 bits per heavy atom. The normalized spacial score (nSPS) is 14.3. The standard InChI is InChI=1S/C13H20N4OS/c1-4-13(3,18)8-15-10-9-6-7-19-11(9)17-12(16-10)14-5-2/h6-7,18H,4-5,8H2,1-3H3,(H2,14,15,16,17). The maximum absolute atomic E-state index is 10.1. The molecule has 6 heteroatoms. The Balaban J connectivity index is 2.27. The predicted octanol–water partition coefficient (Wildman–Crippen LogP) is 2.70. The van der Waals surface area contributed by atoms with Gasteiger partial charge in [-0.05, 0) is 31.7 Å². The Morgan fingerprint density at radius 1 is 1.32 bits per heavy atom. The van der Waals surface area contributed by atoms with Gasteiger partial charge in [0.2, 0.25) is 5.95 Å². The minimum atomic E-state index is -0.731. The van der Waals surface area contributed by atoms with Gasteiger partial charge in [0.25, 0.3) is 0 Å². The Bertz CT molecular complexity index is 553. The third kappa shape index (κ3) is 3.33. The third-order valence-electron chi connectivity index (χ3n) is 3.06. The lowest BCUT2D eigenvalue weighted by Gasteiger charge is -2.22. The van der Waals surface area contributed by atoms with Crippen LogP contribution in [-0.4, -0.2) is 33.8 Å². The van der Waals surface area contributed by atoms with E-state index in [0.717, 1.165) is 22.6 Å². The SMILES string of the molecule is CCNc1nc(NCC(C)(O)CC)c2ccsc2n1. The second-order valence-corrected chi connectivity index (χ2v) is 5.66. The third-order valence-corrected chi connectivity index (χ3v) is 3.86. The molecule has 1 atom stereocenters. The second kappa shape index (κ2) is 5.71. The minimum absolute atomic E-state index is 0.469. The monoisotopic (exact) mass is 280 g/mol. The summed E-state index contributed by atoms with van der Waals surface area (Å²) in [6, 6.07) is 2.00. The summed E-state index contributed by atoms with van der Waals surface area (Å²) in [6.07, 6.45) is 0.692. The molecule has 2 heterocycles. The van der Waals surface area contributed by atoms with Crippen LogP contribution in [0.2, 0.25) is 0 Å². The smallest absolute Gasteiger partial charge is 0.226 e. The summed E-state index contributed by atoms with van der Waals surface area (Å²) in [4.78, 5) is 9.86. The molecule has 0 aliphatic heterocycles. The number of aromatic nitrogens is 2. The van der Waals surface area contributed by atoms with Crippen LogP contribution in [0.25, 0.3) is 10.2 Å². The van der Waals surface area contributed by atoms with E-state index in [9.17, 15) is 5.11 Å². The average molecular weight is 280 g/mol. The van der Waals surface area contributed by atoms with E-state index < -0.39 is 5.60 Å². The number of rotatable bonds is 6. The molecule has 0 amide bonds. The molecule has 0 fully saturated rings. The van der Waals surface area contributed by atoms with Gasteiger partial charge in [-0.3, -0.25) is 0 Å². The lowest BCUT2D eigenvalue weighted by atomic mass is 10.0. The van der Waals surface area contributed by atoms with Gasteiger partial charge in [0.15, 0.2) is 0 Å². The first-order chi connectivity index (χ1) is 9.05. The first kappa shape index (κ1) is 14.0. The number of fused-ring (bicyclic) bond motifs is 1. The van der Waals surface area contributed by atoms with Crippen molar-refractivity contribution in [2.24, 2.45) is 0 Å². The van der Waals surface area contributed by atoms with Crippen molar-refractivity contribution in [1.29, 1.82) is 0 Å². The number of nitrogens with zero attached hydrogens (tertiary/aromatic N) is 2. The molecule has 0 aromatic carbocycles. The van der Waals surface area contributed by atoms with Crippen molar-refractivity contribution in [2.75, 3.05) is 23.7 Å². The van der Waals surface area contributed by atoms with Gasteiger partial charge in [0.1, 0.15) is 10.6 Å². The highest BCUT2D eigenvalue weighted by atomic mass is 32.1. The fraction of sp³-hybridized carbons (Fsp3) is 0.538. The van der Waals surface area contributed by atoms with E-state index in [-0.39, 0.29) is 0 Å². The van der Waals surface area contributed by atoms with Gasteiger partial charge < -0.3 is 15.7 Å². The number of hydrogen-bond acceptors (Lipinski definition) is 6. The molecule has 19 heavy (non-hydrogen) atoms. The molecule has 0 spiro atoms. The van der Waals surface area contributed by atoms with Crippen LogP contribution in [0.5, 0.6) is 0 Å². The Hall–Kier alpha value is -1.40. The van der Waals surface area contributed by atoms with E-state index in [0.29, 0.717) is 18.9 Å². The van der Waals surface area contributed by atoms with Crippen LogP contribution < -0.4 is 10.6 Å². The van der Waals surface area contributed by atoms with Crippen molar-refractivity contribution in [3.05, 3.63) is 11.4 Å². The van der Waals surface area contributed by atoms with Crippen LogP contribution in [0.3, 0.4) is 0 Å². The van der Waals surface area contributed by atoms with Crippen molar-refractivity contribution in [3.63, 3.8) is 0 Å². The van der Waals surface area contributed by atoms with Crippen LogP contribution in [0.15, 0.2) is 11.4 Å². The lowest BCUT2D eigenvalue weighted by Crippen LogP contribution is -2.32. The maximum atomic E-state index is 10.1. The van der Waals surface area contributed by atoms with E-state index in [1.807, 2.05) is 32.2 Å². The first-order valence-corrected chi connectivity index (χ1v) is 7.39. The second-order valence-electron chi connectivity index (χ2n) is 4.77. The highest BCUT2D eigenvalue weighted by molar-refractivity contribution is 7.16. The summed E-state index contributed by atoms with van der Waals surface area (Å²) in [7, 11) is 0. The molecular formula is C13H20N4OS. The molecule has 1 unspecified atom stereocenters. The number of aliphatic hydroxyl groups is 1. The summed E-state index contributed by atoms with van der Waals surface area (Å²) in [5.74, 6) is 1.40. The van der Waals surface area contributed by atoms with Crippen LogP contribution in [0.4, 0.5) is 11.8 Å². The molecule has 2 aromatic rings. The zero-order valence-corrected chi connectivity index (χ0v) is 12.3. The molecule has 5 nitrogen and oxygen atoms in total. The molecular weight excluding hydrogens is 260 g/mol. The molecule has 0 saturated heterocycles. The maximum Gasteiger partial charge on any atom is 0.226 e. The zero-order chi connectivity index (χ0) is 13.9. The molecule has 2 rings (SSSR count). The van der Waals surface area contributed by atoms with E-state index in [4.69, 9.17) is 0 Å². The number of thiophene rings is 1. The quantitative estimate of drug-likeness (QED) is 0.759. The van der Waals surface area contributed by atoms with Crippen molar-refractivity contribution < 1.29 is 5.11 Å². The van der Waals surface area contributed by atoms with Crippen LogP contribution in [-0.2, 0) is 0 Å². The van der Waals surface area contributed by atoms with Gasteiger partial charge in [-0.2, -0.15) is 4.98 Å². The number of nitrogens with one attached hydrogen (secondary N) is 2. The topological polar surface area (TPSA) is 70.1 Å². The summed E-state index contributed by atoms with van der Waals surface area (Å²) in [5, 5.41) is 19.4. The van der Waals surface area contributed by atoms with Gasteiger partial charge in [0, 0.05) is 13.1 Å². The molecule has 2 aromatic heterocycles. The Labute approximate surface area is 117 Å². The van der Waals surface area contributed by atoms with Gasteiger partial charge in [0.05, 0.1) is 11.0 Å². The van der Waals surface area contributed by atoms with Crippen molar-refractivity contribution in [2.45, 2.75) is 32.8 Å². The average Bonchev–Trinajstić information content (AvgIpc) is 2.85. The predicted molar refractivity (Wildman–Crippen MR) is 81.0 cm³/mol. The zero-order valence-electron chi connectivity index (χ0n) is 11.5. The minimum Gasteiger partial charge on any atom is -0.388 e. The first-order valence-electron chi connectivity index (χ1n) is 6.51. The van der Waals surface area contributed by atoms with E-state index >= 15 is 0 Å². The van der Waals surface area contributed by atoms with Gasteiger partial charge in [-0.25, -0.2) is 4.98 Å². The Morgan fingerprint density at radius 3 is 2.79 bits per heavy atom. The van der Waals surface area contributed by atoms with Crippen LogP contribution >= 0.6 is 11.3 Å². The lowest BCUT2D eigenvalue weighted by molar-refractivity contribution is 0.0697. The van der Waals surface area contributed by atoms with Gasteiger partial charge >= 0.3 is 0 Å². The fourth-order valence-electron chi connectivity index (χ4n) is 1.63. The van der Waals surface area contributed by atoms with Crippen LogP contribution in [0.1, 0.15) is 27.2 Å². The molecule has 0 radical (unpaired) electrons.